The molecule has 0 fully saturated rings. The molecule has 0 bridgehead atoms. The van der Waals surface area contributed by atoms with Crippen molar-refractivity contribution in [3.8, 4) is 0 Å². The lowest BCUT2D eigenvalue weighted by atomic mass is 10.0. The minimum Gasteiger partial charge on any atom is -0.208 e. The van der Waals surface area contributed by atoms with Crippen LogP contribution in [0.5, 0.6) is 0 Å². The van der Waals surface area contributed by atoms with E-state index in [9.17, 15) is 0 Å². The first-order valence-electron chi connectivity index (χ1n) is 4.00. The Bertz CT molecular complexity index is 170. The van der Waals surface area contributed by atoms with Gasteiger partial charge in [-0.05, 0) is 6.42 Å². The highest BCUT2D eigenvalue weighted by molar-refractivity contribution is 7.83. The molecular formula is C9H18NS+. The largest absolute Gasteiger partial charge is 0.208 e. The number of rotatable bonds is 3. The summed E-state index contributed by atoms with van der Waals surface area (Å²) >= 11 is 4.02. The van der Waals surface area contributed by atoms with Crippen LogP contribution in [-0.2, 0) is 0 Å². The fraction of sp³-hybridized carbons (Fsp3) is 0.667. The minimum atomic E-state index is 0.657. The van der Waals surface area contributed by atoms with E-state index in [0.29, 0.717) is 5.92 Å². The van der Waals surface area contributed by atoms with Crippen LogP contribution < -0.4 is 0 Å². The Morgan fingerprint density at radius 2 is 2.18 bits per heavy atom. The Hall–Kier alpha value is -0.240. The van der Waals surface area contributed by atoms with Gasteiger partial charge in [-0.15, -0.1) is 12.6 Å². The van der Waals surface area contributed by atoms with Crippen LogP contribution in [-0.4, -0.2) is 17.3 Å². The molecule has 0 heterocycles. The average Bonchev–Trinajstić information content (AvgIpc) is 2.02. The molecule has 0 spiro atoms. The highest BCUT2D eigenvalue weighted by Crippen LogP contribution is 2.02. The van der Waals surface area contributed by atoms with Crippen molar-refractivity contribution in [3.63, 3.8) is 0 Å². The molecule has 0 aliphatic rings. The molecule has 11 heavy (non-hydrogen) atoms. The summed E-state index contributed by atoms with van der Waals surface area (Å²) in [5, 5.41) is 1.76. The molecule has 0 saturated carbocycles. The van der Waals surface area contributed by atoms with Gasteiger partial charge in [0.05, 0.1) is 0 Å². The molecule has 1 nitrogen and oxygen atoms in total. The second kappa shape index (κ2) is 5.42. The lowest BCUT2D eigenvalue weighted by Gasteiger charge is -2.04. The highest BCUT2D eigenvalue weighted by Gasteiger charge is 2.09. The maximum atomic E-state index is 4.02. The molecule has 0 N–H and O–H groups in total. The number of thiol groups is 1. The molecule has 0 aromatic heterocycles. The fourth-order valence-electron chi connectivity index (χ4n) is 0.861. The van der Waals surface area contributed by atoms with E-state index in [-0.39, 0.29) is 0 Å². The fourth-order valence-corrected chi connectivity index (χ4v) is 1.06. The van der Waals surface area contributed by atoms with Crippen LogP contribution in [0, 0.1) is 5.92 Å². The van der Waals surface area contributed by atoms with Gasteiger partial charge in [-0.25, -0.2) is 4.58 Å². The zero-order chi connectivity index (χ0) is 8.85. The van der Waals surface area contributed by atoms with Gasteiger partial charge in [-0.2, -0.15) is 0 Å². The zero-order valence-electron chi connectivity index (χ0n) is 7.83. The number of hydrogen-bond acceptors (Lipinski definition) is 1. The summed E-state index contributed by atoms with van der Waals surface area (Å²) in [6.07, 6.45) is 3.15. The van der Waals surface area contributed by atoms with Gasteiger partial charge in [-0.1, -0.05) is 13.8 Å². The smallest absolute Gasteiger partial charge is 0.174 e. The quantitative estimate of drug-likeness (QED) is 0.378. The third-order valence-electron chi connectivity index (χ3n) is 2.17. The van der Waals surface area contributed by atoms with Crippen molar-refractivity contribution in [2.75, 3.05) is 7.05 Å². The Kier molecular flexibility index (Phi) is 5.30. The van der Waals surface area contributed by atoms with E-state index >= 15 is 0 Å². The minimum absolute atomic E-state index is 0.657. The Balaban J connectivity index is 4.38. The van der Waals surface area contributed by atoms with E-state index in [1.165, 1.54) is 12.1 Å². The number of nitrogens with zero attached hydrogens (tertiary/aromatic N) is 1. The Labute approximate surface area is 75.2 Å². The van der Waals surface area contributed by atoms with E-state index in [4.69, 9.17) is 0 Å². The van der Waals surface area contributed by atoms with Crippen LogP contribution in [0.15, 0.2) is 11.6 Å². The van der Waals surface area contributed by atoms with E-state index in [1.807, 2.05) is 13.2 Å². The van der Waals surface area contributed by atoms with Crippen molar-refractivity contribution >= 4 is 18.3 Å². The lowest BCUT2D eigenvalue weighted by molar-refractivity contribution is -0.425. The van der Waals surface area contributed by atoms with Crippen molar-refractivity contribution in [2.24, 2.45) is 5.92 Å². The summed E-state index contributed by atoms with van der Waals surface area (Å²) in [4.78, 5) is 0. The molecule has 0 aromatic carbocycles. The summed E-state index contributed by atoms with van der Waals surface area (Å²) in [7, 11) is 2.05. The zero-order valence-corrected chi connectivity index (χ0v) is 8.73. The molecule has 0 aromatic rings. The summed E-state index contributed by atoms with van der Waals surface area (Å²) in [6.45, 7) is 6.59. The molecule has 1 atom stereocenters. The van der Waals surface area contributed by atoms with Gasteiger partial charge in [0.2, 0.25) is 0 Å². The van der Waals surface area contributed by atoms with Gasteiger partial charge in [0, 0.05) is 18.2 Å². The predicted octanol–water partition coefficient (Wildman–Crippen LogP) is 2.54. The van der Waals surface area contributed by atoms with Crippen LogP contribution in [0.3, 0.4) is 0 Å². The second-order valence-corrected chi connectivity index (χ2v) is 3.16. The van der Waals surface area contributed by atoms with Crippen LogP contribution in [0.1, 0.15) is 27.2 Å². The second-order valence-electron chi connectivity index (χ2n) is 2.86. The van der Waals surface area contributed by atoms with Gasteiger partial charge in [0.15, 0.2) is 11.9 Å². The molecule has 0 aliphatic heterocycles. The molecule has 0 radical (unpaired) electrons. The van der Waals surface area contributed by atoms with Crippen LogP contribution >= 0.6 is 12.6 Å². The highest BCUT2D eigenvalue weighted by atomic mass is 32.1. The molecule has 0 saturated heterocycles. The topological polar surface area (TPSA) is 3.01 Å². The van der Waals surface area contributed by atoms with E-state index < -0.39 is 0 Å². The summed E-state index contributed by atoms with van der Waals surface area (Å²) in [5.41, 5.74) is 1.39. The normalized spacial score (nSPS) is 16.8. The number of hydrogen-bond donors (Lipinski definition) is 1. The summed E-state index contributed by atoms with van der Waals surface area (Å²) in [6, 6.07) is 0. The Morgan fingerprint density at radius 3 is 2.55 bits per heavy atom. The van der Waals surface area contributed by atoms with Gasteiger partial charge in [0.25, 0.3) is 0 Å². The molecule has 1 unspecified atom stereocenters. The summed E-state index contributed by atoms with van der Waals surface area (Å²) in [5.74, 6) is 0.657. The SMILES string of the molecule is CCC(C)C(C)=[N+](C)C=CS. The standard InChI is InChI=1S/C9H17NS/c1-5-8(2)9(3)10(4)6-7-11/h6-8H,5H2,1-4H3/p+1. The van der Waals surface area contributed by atoms with Crippen LogP contribution in [0.25, 0.3) is 0 Å². The summed E-state index contributed by atoms with van der Waals surface area (Å²) < 4.78 is 2.11. The van der Waals surface area contributed by atoms with Crippen molar-refractivity contribution in [1.29, 1.82) is 0 Å². The van der Waals surface area contributed by atoms with Gasteiger partial charge < -0.3 is 0 Å². The first-order valence-corrected chi connectivity index (χ1v) is 4.52. The van der Waals surface area contributed by atoms with E-state index in [1.54, 1.807) is 5.41 Å². The van der Waals surface area contributed by atoms with Gasteiger partial charge in [0.1, 0.15) is 7.05 Å². The van der Waals surface area contributed by atoms with Gasteiger partial charge >= 0.3 is 0 Å². The predicted molar refractivity (Wildman–Crippen MR) is 54.4 cm³/mol. The first-order chi connectivity index (χ1) is 5.13. The third-order valence-corrected chi connectivity index (χ3v) is 2.31. The molecule has 0 rings (SSSR count). The molecule has 2 heteroatoms. The molecule has 0 amide bonds. The molecule has 64 valence electrons. The van der Waals surface area contributed by atoms with Crippen LogP contribution in [0.4, 0.5) is 0 Å². The maximum Gasteiger partial charge on any atom is 0.174 e. The molecular weight excluding hydrogens is 154 g/mol. The van der Waals surface area contributed by atoms with Crippen LogP contribution in [0.2, 0.25) is 0 Å². The molecule has 0 aliphatic carbocycles. The van der Waals surface area contributed by atoms with Crippen molar-refractivity contribution in [2.45, 2.75) is 27.2 Å². The maximum absolute atomic E-state index is 4.02. The van der Waals surface area contributed by atoms with Crippen molar-refractivity contribution < 1.29 is 4.58 Å². The van der Waals surface area contributed by atoms with E-state index in [2.05, 4.69) is 38.0 Å². The third kappa shape index (κ3) is 3.61. The Morgan fingerprint density at radius 1 is 1.64 bits per heavy atom. The van der Waals surface area contributed by atoms with Gasteiger partial charge in [-0.3, -0.25) is 0 Å². The van der Waals surface area contributed by atoms with Crippen molar-refractivity contribution in [3.05, 3.63) is 11.6 Å². The lowest BCUT2D eigenvalue weighted by Crippen LogP contribution is -2.16. The first kappa shape index (κ1) is 10.8. The van der Waals surface area contributed by atoms with Crippen molar-refractivity contribution in [1.82, 2.24) is 0 Å². The van der Waals surface area contributed by atoms with E-state index in [0.717, 1.165) is 0 Å². The average molecular weight is 172 g/mol. The monoisotopic (exact) mass is 172 g/mol.